The van der Waals surface area contributed by atoms with Crippen LogP contribution >= 0.6 is 15.9 Å². The fourth-order valence-electron chi connectivity index (χ4n) is 2.13. The Morgan fingerprint density at radius 1 is 1.41 bits per heavy atom. The van der Waals surface area contributed by atoms with Gasteiger partial charge in [-0.1, -0.05) is 15.9 Å². The summed E-state index contributed by atoms with van der Waals surface area (Å²) in [7, 11) is 0. The lowest BCUT2D eigenvalue weighted by atomic mass is 10.1. The van der Waals surface area contributed by atoms with Gasteiger partial charge in [-0.2, -0.15) is 0 Å². The predicted octanol–water partition coefficient (Wildman–Crippen LogP) is 3.40. The molecule has 0 unspecified atom stereocenters. The lowest BCUT2D eigenvalue weighted by Gasteiger charge is -2.32. The molecular weight excluding hydrogens is 280 g/mol. The summed E-state index contributed by atoms with van der Waals surface area (Å²) in [5.41, 5.74) is 2.01. The summed E-state index contributed by atoms with van der Waals surface area (Å²) < 4.78 is 1.04. The number of nitrogens with zero attached hydrogens (tertiary/aromatic N) is 1. The molecule has 1 N–H and O–H groups in total. The third-order valence-electron chi connectivity index (χ3n) is 2.97. The highest BCUT2D eigenvalue weighted by Gasteiger charge is 2.19. The minimum absolute atomic E-state index is 0.108. The van der Waals surface area contributed by atoms with E-state index >= 15 is 0 Å². The van der Waals surface area contributed by atoms with Crippen LogP contribution in [0.4, 0.5) is 11.4 Å². The van der Waals surface area contributed by atoms with Crippen molar-refractivity contribution in [1.29, 1.82) is 0 Å². The van der Waals surface area contributed by atoms with Crippen LogP contribution in [0.15, 0.2) is 22.7 Å². The molecule has 2 rings (SSSR count). The maximum Gasteiger partial charge on any atom is 0.224 e. The van der Waals surface area contributed by atoms with Crippen molar-refractivity contribution < 1.29 is 4.79 Å². The van der Waals surface area contributed by atoms with Crippen molar-refractivity contribution in [2.24, 2.45) is 0 Å². The summed E-state index contributed by atoms with van der Waals surface area (Å²) in [6, 6.07) is 6.41. The van der Waals surface area contributed by atoms with Crippen LogP contribution in [0.3, 0.4) is 0 Å². The monoisotopic (exact) mass is 296 g/mol. The Labute approximate surface area is 110 Å². The van der Waals surface area contributed by atoms with Crippen LogP contribution in [0.25, 0.3) is 0 Å². The van der Waals surface area contributed by atoms with Gasteiger partial charge in [-0.3, -0.25) is 4.79 Å². The van der Waals surface area contributed by atoms with Crippen molar-refractivity contribution in [2.45, 2.75) is 32.7 Å². The molecule has 0 aromatic heterocycles. The summed E-state index contributed by atoms with van der Waals surface area (Å²) in [4.78, 5) is 14.0. The molecule has 1 aliphatic heterocycles. The highest BCUT2D eigenvalue weighted by atomic mass is 79.9. The molecule has 1 aromatic rings. The average Bonchev–Trinajstić information content (AvgIpc) is 2.24. The van der Waals surface area contributed by atoms with E-state index in [1.165, 1.54) is 0 Å². The number of halogens is 1. The van der Waals surface area contributed by atoms with Crippen LogP contribution in [0.5, 0.6) is 0 Å². The molecule has 92 valence electrons. The smallest absolute Gasteiger partial charge is 0.224 e. The number of benzene rings is 1. The minimum atomic E-state index is 0.108. The van der Waals surface area contributed by atoms with Crippen molar-refractivity contribution in [3.05, 3.63) is 22.7 Å². The number of hydrogen-bond acceptors (Lipinski definition) is 2. The molecule has 0 aliphatic carbocycles. The summed E-state index contributed by atoms with van der Waals surface area (Å²) in [5, 5.41) is 2.97. The fourth-order valence-corrected chi connectivity index (χ4v) is 2.48. The summed E-state index contributed by atoms with van der Waals surface area (Å²) >= 11 is 3.49. The second-order valence-corrected chi connectivity index (χ2v) is 5.52. The molecule has 0 radical (unpaired) electrons. The van der Waals surface area contributed by atoms with Crippen LogP contribution < -0.4 is 10.2 Å². The molecule has 0 saturated heterocycles. The molecule has 1 aliphatic rings. The number of rotatable bonds is 1. The largest absolute Gasteiger partial charge is 0.367 e. The molecular formula is C13H17BrN2O. The van der Waals surface area contributed by atoms with Crippen LogP contribution in [0, 0.1) is 0 Å². The van der Waals surface area contributed by atoms with Gasteiger partial charge < -0.3 is 10.2 Å². The van der Waals surface area contributed by atoms with Gasteiger partial charge >= 0.3 is 0 Å². The number of fused-ring (bicyclic) bond motifs is 1. The first-order chi connectivity index (χ1) is 8.08. The van der Waals surface area contributed by atoms with Crippen molar-refractivity contribution in [3.63, 3.8) is 0 Å². The molecule has 1 aromatic carbocycles. The van der Waals surface area contributed by atoms with E-state index in [1.54, 1.807) is 0 Å². The van der Waals surface area contributed by atoms with E-state index < -0.39 is 0 Å². The number of amides is 1. The fraction of sp³-hybridized carbons (Fsp3) is 0.462. The lowest BCUT2D eigenvalue weighted by Crippen LogP contribution is -2.34. The Bertz CT molecular complexity index is 431. The first-order valence-electron chi connectivity index (χ1n) is 5.94. The third-order valence-corrected chi connectivity index (χ3v) is 3.46. The van der Waals surface area contributed by atoms with E-state index in [0.29, 0.717) is 12.5 Å². The van der Waals surface area contributed by atoms with Gasteiger partial charge in [0, 0.05) is 23.5 Å². The Hall–Kier alpha value is -1.03. The van der Waals surface area contributed by atoms with Crippen LogP contribution in [-0.4, -0.2) is 18.5 Å². The summed E-state index contributed by atoms with van der Waals surface area (Å²) in [6.07, 6.45) is 1.49. The highest BCUT2D eigenvalue weighted by Crippen LogP contribution is 2.32. The Morgan fingerprint density at radius 3 is 2.88 bits per heavy atom. The van der Waals surface area contributed by atoms with Crippen LogP contribution in [0.2, 0.25) is 0 Å². The van der Waals surface area contributed by atoms with E-state index in [-0.39, 0.29) is 5.91 Å². The van der Waals surface area contributed by atoms with E-state index in [2.05, 4.69) is 46.1 Å². The minimum Gasteiger partial charge on any atom is -0.367 e. The average molecular weight is 297 g/mol. The Kier molecular flexibility index (Phi) is 3.72. The maximum absolute atomic E-state index is 11.6. The van der Waals surface area contributed by atoms with Crippen molar-refractivity contribution in [3.8, 4) is 0 Å². The van der Waals surface area contributed by atoms with Gasteiger partial charge in [0.15, 0.2) is 0 Å². The van der Waals surface area contributed by atoms with Crippen LogP contribution in [0.1, 0.15) is 26.7 Å². The highest BCUT2D eigenvalue weighted by molar-refractivity contribution is 9.10. The maximum atomic E-state index is 11.6. The van der Waals surface area contributed by atoms with E-state index in [1.807, 2.05) is 12.1 Å². The third kappa shape index (κ3) is 2.80. The second kappa shape index (κ2) is 5.08. The standard InChI is InChI=1S/C13H17BrN2O/c1-9(2)16-7-3-4-13(17)15-11-6-5-10(14)8-12(11)16/h5-6,8-9H,3-4,7H2,1-2H3,(H,15,17). The van der Waals surface area contributed by atoms with E-state index in [9.17, 15) is 4.79 Å². The summed E-state index contributed by atoms with van der Waals surface area (Å²) in [5.74, 6) is 0.108. The van der Waals surface area contributed by atoms with Gasteiger partial charge in [-0.05, 0) is 38.5 Å². The molecule has 0 saturated carbocycles. The quantitative estimate of drug-likeness (QED) is 0.861. The molecule has 4 heteroatoms. The summed E-state index contributed by atoms with van der Waals surface area (Å²) in [6.45, 7) is 5.27. The molecule has 17 heavy (non-hydrogen) atoms. The SMILES string of the molecule is CC(C)N1CCCC(=O)Nc2ccc(Br)cc21. The first-order valence-corrected chi connectivity index (χ1v) is 6.73. The van der Waals surface area contributed by atoms with E-state index in [4.69, 9.17) is 0 Å². The molecule has 1 amide bonds. The van der Waals surface area contributed by atoms with Crippen LogP contribution in [-0.2, 0) is 4.79 Å². The molecule has 0 bridgehead atoms. The van der Waals surface area contributed by atoms with Gasteiger partial charge in [-0.15, -0.1) is 0 Å². The van der Waals surface area contributed by atoms with Crippen molar-refractivity contribution in [1.82, 2.24) is 0 Å². The molecule has 0 atom stereocenters. The topological polar surface area (TPSA) is 32.3 Å². The van der Waals surface area contributed by atoms with Gasteiger partial charge in [0.05, 0.1) is 11.4 Å². The number of nitrogens with one attached hydrogen (secondary N) is 1. The molecule has 1 heterocycles. The molecule has 0 fully saturated rings. The number of anilines is 2. The lowest BCUT2D eigenvalue weighted by molar-refractivity contribution is -0.116. The van der Waals surface area contributed by atoms with E-state index in [0.717, 1.165) is 28.8 Å². The normalized spacial score (nSPS) is 16.2. The first kappa shape index (κ1) is 12.4. The zero-order valence-electron chi connectivity index (χ0n) is 10.2. The van der Waals surface area contributed by atoms with Gasteiger partial charge in [0.2, 0.25) is 5.91 Å². The zero-order valence-corrected chi connectivity index (χ0v) is 11.8. The predicted molar refractivity (Wildman–Crippen MR) is 74.5 cm³/mol. The second-order valence-electron chi connectivity index (χ2n) is 4.60. The van der Waals surface area contributed by atoms with Crippen molar-refractivity contribution in [2.75, 3.05) is 16.8 Å². The number of hydrogen-bond donors (Lipinski definition) is 1. The Balaban J connectivity index is 2.44. The number of carbonyl (C=O) groups is 1. The molecule has 3 nitrogen and oxygen atoms in total. The molecule has 0 spiro atoms. The van der Waals surface area contributed by atoms with Gasteiger partial charge in [-0.25, -0.2) is 0 Å². The van der Waals surface area contributed by atoms with Gasteiger partial charge in [0.1, 0.15) is 0 Å². The zero-order chi connectivity index (χ0) is 12.4. The van der Waals surface area contributed by atoms with Crippen molar-refractivity contribution >= 4 is 33.2 Å². The Morgan fingerprint density at radius 2 is 2.18 bits per heavy atom. The van der Waals surface area contributed by atoms with Gasteiger partial charge in [0.25, 0.3) is 0 Å². The number of carbonyl (C=O) groups excluding carboxylic acids is 1.